The molecule has 6 nitrogen and oxygen atoms in total. The van der Waals surface area contributed by atoms with E-state index in [0.717, 1.165) is 0 Å². The molecular formula is C18H18ClNO5. The predicted molar refractivity (Wildman–Crippen MR) is 92.5 cm³/mol. The molecule has 0 spiro atoms. The van der Waals surface area contributed by atoms with Gasteiger partial charge < -0.3 is 24.6 Å². The quantitative estimate of drug-likeness (QED) is 0.825. The minimum absolute atomic E-state index is 0.187. The molecule has 0 fully saturated rings. The molecule has 25 heavy (non-hydrogen) atoms. The van der Waals surface area contributed by atoms with Crippen molar-refractivity contribution in [3.8, 4) is 17.2 Å². The number of halogens is 1. The maximum Gasteiger partial charge on any atom is 0.255 e. The number of hydrogen-bond donors (Lipinski definition) is 2. The van der Waals surface area contributed by atoms with Gasteiger partial charge in [-0.1, -0.05) is 17.7 Å². The molecule has 3 rings (SSSR count). The highest BCUT2D eigenvalue weighted by Crippen LogP contribution is 2.34. The molecular weight excluding hydrogens is 346 g/mol. The molecule has 0 bridgehead atoms. The van der Waals surface area contributed by atoms with Gasteiger partial charge >= 0.3 is 0 Å². The second kappa shape index (κ2) is 7.63. The van der Waals surface area contributed by atoms with E-state index >= 15 is 0 Å². The van der Waals surface area contributed by atoms with Crippen molar-refractivity contribution < 1.29 is 24.1 Å². The van der Waals surface area contributed by atoms with Crippen molar-refractivity contribution in [2.75, 3.05) is 20.4 Å². The molecule has 2 aromatic carbocycles. The van der Waals surface area contributed by atoms with Crippen LogP contribution in [0.1, 0.15) is 28.4 Å². The fraction of sp³-hybridized carbons (Fsp3) is 0.278. The van der Waals surface area contributed by atoms with E-state index in [1.807, 2.05) is 0 Å². The Hall–Kier alpha value is -2.44. The summed E-state index contributed by atoms with van der Waals surface area (Å²) in [6.07, 6.45) is -0.370. The number of fused-ring (bicyclic) bond motifs is 1. The highest BCUT2D eigenvalue weighted by atomic mass is 35.5. The van der Waals surface area contributed by atoms with Crippen LogP contribution in [-0.2, 0) is 0 Å². The van der Waals surface area contributed by atoms with Gasteiger partial charge in [0.05, 0.1) is 18.8 Å². The van der Waals surface area contributed by atoms with Gasteiger partial charge in [0, 0.05) is 11.6 Å². The summed E-state index contributed by atoms with van der Waals surface area (Å²) < 4.78 is 15.7. The molecule has 0 saturated heterocycles. The van der Waals surface area contributed by atoms with Gasteiger partial charge in [0.1, 0.15) is 5.75 Å². The summed E-state index contributed by atoms with van der Waals surface area (Å²) in [6.45, 7) is 0.483. The van der Waals surface area contributed by atoms with E-state index < -0.39 is 6.10 Å². The van der Waals surface area contributed by atoms with Crippen LogP contribution in [0.5, 0.6) is 17.2 Å². The van der Waals surface area contributed by atoms with Crippen LogP contribution in [0.3, 0.4) is 0 Å². The number of aliphatic hydroxyl groups excluding tert-OH is 1. The van der Waals surface area contributed by atoms with Crippen molar-refractivity contribution in [2.24, 2.45) is 0 Å². The number of amides is 1. The van der Waals surface area contributed by atoms with E-state index in [9.17, 15) is 9.90 Å². The number of ether oxygens (including phenoxy) is 3. The third-order valence-electron chi connectivity index (χ3n) is 3.89. The second-order valence-electron chi connectivity index (χ2n) is 5.52. The van der Waals surface area contributed by atoms with Crippen LogP contribution < -0.4 is 19.5 Å². The zero-order valence-corrected chi connectivity index (χ0v) is 14.4. The van der Waals surface area contributed by atoms with E-state index in [1.54, 1.807) is 36.4 Å². The number of carbonyl (C=O) groups excluding carboxylic acids is 1. The maximum absolute atomic E-state index is 12.3. The molecule has 132 valence electrons. The minimum atomic E-state index is -0.726. The molecule has 1 aliphatic heterocycles. The lowest BCUT2D eigenvalue weighted by molar-refractivity contribution is 0.0939. The normalized spacial score (nSPS) is 13.4. The predicted octanol–water partition coefficient (Wildman–Crippen LogP) is 2.93. The first-order valence-corrected chi connectivity index (χ1v) is 8.15. The van der Waals surface area contributed by atoms with E-state index in [4.69, 9.17) is 25.8 Å². The molecule has 0 radical (unpaired) electrons. The molecule has 0 aromatic heterocycles. The Labute approximate surface area is 150 Å². The molecule has 2 N–H and O–H groups in total. The van der Waals surface area contributed by atoms with E-state index in [2.05, 4.69) is 5.32 Å². The minimum Gasteiger partial charge on any atom is -0.496 e. The zero-order chi connectivity index (χ0) is 17.8. The summed E-state index contributed by atoms with van der Waals surface area (Å²) in [5, 5.41) is 13.5. The van der Waals surface area contributed by atoms with E-state index in [-0.39, 0.29) is 12.7 Å². The summed E-state index contributed by atoms with van der Waals surface area (Å²) in [5.41, 5.74) is 1.06. The molecule has 1 heterocycles. The van der Waals surface area contributed by atoms with Crippen LogP contribution in [0.15, 0.2) is 36.4 Å². The first-order valence-electron chi connectivity index (χ1n) is 7.78. The van der Waals surface area contributed by atoms with E-state index in [1.165, 1.54) is 7.11 Å². The van der Waals surface area contributed by atoms with Crippen LogP contribution in [0, 0.1) is 0 Å². The van der Waals surface area contributed by atoms with Crippen molar-refractivity contribution in [1.29, 1.82) is 0 Å². The fourth-order valence-electron chi connectivity index (χ4n) is 2.56. The number of rotatable bonds is 6. The zero-order valence-electron chi connectivity index (χ0n) is 13.6. The number of methoxy groups -OCH3 is 1. The second-order valence-corrected chi connectivity index (χ2v) is 5.95. The van der Waals surface area contributed by atoms with E-state index in [0.29, 0.717) is 46.4 Å². The van der Waals surface area contributed by atoms with Gasteiger partial charge in [-0.15, -0.1) is 0 Å². The topological polar surface area (TPSA) is 77.0 Å². The van der Waals surface area contributed by atoms with Gasteiger partial charge in [-0.05, 0) is 42.3 Å². The highest BCUT2D eigenvalue weighted by Gasteiger charge is 2.17. The Morgan fingerprint density at radius 3 is 2.88 bits per heavy atom. The van der Waals surface area contributed by atoms with Gasteiger partial charge in [-0.3, -0.25) is 4.79 Å². The van der Waals surface area contributed by atoms with Crippen LogP contribution in [-0.4, -0.2) is 31.5 Å². The first kappa shape index (κ1) is 17.4. The number of nitrogens with one attached hydrogen (secondary N) is 1. The van der Waals surface area contributed by atoms with Gasteiger partial charge in [0.15, 0.2) is 11.5 Å². The summed E-state index contributed by atoms with van der Waals surface area (Å²) >= 11 is 5.93. The molecule has 1 unspecified atom stereocenters. The third kappa shape index (κ3) is 3.97. The summed E-state index contributed by atoms with van der Waals surface area (Å²) in [5.74, 6) is 1.41. The molecule has 0 saturated carbocycles. The number of benzene rings is 2. The highest BCUT2D eigenvalue weighted by molar-refractivity contribution is 6.31. The average molecular weight is 364 g/mol. The molecule has 1 atom stereocenters. The SMILES string of the molecule is COc1ccc(Cl)cc1C(=O)NCCC(O)c1ccc2c(c1)OCO2. The van der Waals surface area contributed by atoms with Gasteiger partial charge in [-0.25, -0.2) is 0 Å². The lowest BCUT2D eigenvalue weighted by atomic mass is 10.1. The Balaban J connectivity index is 1.57. The fourth-order valence-corrected chi connectivity index (χ4v) is 2.73. The molecule has 0 aliphatic carbocycles. The number of hydrogen-bond acceptors (Lipinski definition) is 5. The lowest BCUT2D eigenvalue weighted by Crippen LogP contribution is -2.26. The Kier molecular flexibility index (Phi) is 5.31. The maximum atomic E-state index is 12.3. The standard InChI is InChI=1S/C18H18ClNO5/c1-23-15-5-3-12(19)9-13(15)18(22)20-7-6-14(21)11-2-4-16-17(8-11)25-10-24-16/h2-5,8-9,14,21H,6-7,10H2,1H3,(H,20,22). The van der Waals surface area contributed by atoms with Gasteiger partial charge in [-0.2, -0.15) is 0 Å². The Bertz CT molecular complexity index is 780. The lowest BCUT2D eigenvalue weighted by Gasteiger charge is -2.13. The molecule has 7 heteroatoms. The van der Waals surface area contributed by atoms with Gasteiger partial charge in [0.25, 0.3) is 5.91 Å². The Morgan fingerprint density at radius 1 is 1.28 bits per heavy atom. The molecule has 1 amide bonds. The van der Waals surface area contributed by atoms with Crippen molar-refractivity contribution in [2.45, 2.75) is 12.5 Å². The molecule has 2 aromatic rings. The number of carbonyl (C=O) groups is 1. The van der Waals surface area contributed by atoms with Crippen LogP contribution in [0.2, 0.25) is 5.02 Å². The summed E-state index contributed by atoms with van der Waals surface area (Å²) in [4.78, 5) is 12.3. The summed E-state index contributed by atoms with van der Waals surface area (Å²) in [7, 11) is 1.49. The van der Waals surface area contributed by atoms with Gasteiger partial charge in [0.2, 0.25) is 6.79 Å². The van der Waals surface area contributed by atoms with Crippen molar-refractivity contribution in [3.63, 3.8) is 0 Å². The average Bonchev–Trinajstić information content (AvgIpc) is 3.09. The first-order chi connectivity index (χ1) is 12.1. The number of aliphatic hydroxyl groups is 1. The van der Waals surface area contributed by atoms with Crippen LogP contribution in [0.4, 0.5) is 0 Å². The third-order valence-corrected chi connectivity index (χ3v) is 4.13. The molecule has 1 aliphatic rings. The van der Waals surface area contributed by atoms with Crippen molar-refractivity contribution in [1.82, 2.24) is 5.32 Å². The monoisotopic (exact) mass is 363 g/mol. The Morgan fingerprint density at radius 2 is 2.08 bits per heavy atom. The summed E-state index contributed by atoms with van der Waals surface area (Å²) in [6, 6.07) is 10.1. The van der Waals surface area contributed by atoms with Crippen LogP contribution in [0.25, 0.3) is 0 Å². The van der Waals surface area contributed by atoms with Crippen LogP contribution >= 0.6 is 11.6 Å². The van der Waals surface area contributed by atoms with Crippen molar-refractivity contribution in [3.05, 3.63) is 52.5 Å². The van der Waals surface area contributed by atoms with Crippen molar-refractivity contribution >= 4 is 17.5 Å². The smallest absolute Gasteiger partial charge is 0.255 e. The largest absolute Gasteiger partial charge is 0.496 e.